The number of benzene rings is 3. The van der Waals surface area contributed by atoms with Gasteiger partial charge in [-0.2, -0.15) is 0 Å². The average molecular weight is 423 g/mol. The van der Waals surface area contributed by atoms with Crippen LogP contribution in [0.15, 0.2) is 78.9 Å². The second kappa shape index (κ2) is 11.6. The number of aliphatic hydroxyl groups excluding tert-OH is 1. The lowest BCUT2D eigenvalue weighted by molar-refractivity contribution is 0.0744. The van der Waals surface area contributed by atoms with Crippen LogP contribution in [0.25, 0.3) is 0 Å². The molecule has 3 rings (SSSR count). The van der Waals surface area contributed by atoms with Gasteiger partial charge in [-0.15, -0.1) is 0 Å². The van der Waals surface area contributed by atoms with Gasteiger partial charge < -0.3 is 9.84 Å². The third-order valence-electron chi connectivity index (χ3n) is 5.00. The molecule has 0 saturated heterocycles. The van der Waals surface area contributed by atoms with Crippen molar-refractivity contribution in [3.63, 3.8) is 0 Å². The molecule has 0 spiro atoms. The van der Waals surface area contributed by atoms with Gasteiger partial charge in [0.1, 0.15) is 24.3 Å². The minimum atomic E-state index is -0.560. The number of rotatable bonds is 11. The topological polar surface area (TPSA) is 35.9 Å². The van der Waals surface area contributed by atoms with Crippen LogP contribution >= 0.6 is 0 Å². The summed E-state index contributed by atoms with van der Waals surface area (Å²) in [5.74, 6) is 0.532. The number of aliphatic hydroxyl groups is 1. The van der Waals surface area contributed by atoms with Gasteiger partial charge in [0, 0.05) is 26.2 Å². The summed E-state index contributed by atoms with van der Waals surface area (Å²) in [6, 6.07) is 24.7. The first-order valence-electron chi connectivity index (χ1n) is 10.5. The average Bonchev–Trinajstić information content (AvgIpc) is 2.75. The Morgan fingerprint density at radius 3 is 1.87 bits per heavy atom. The number of hydrogen-bond acceptors (Lipinski definition) is 4. The molecular formula is C26H31FN2O2. The summed E-state index contributed by atoms with van der Waals surface area (Å²) in [4.78, 5) is 4.26. The zero-order valence-corrected chi connectivity index (χ0v) is 18.2. The van der Waals surface area contributed by atoms with E-state index in [9.17, 15) is 9.50 Å². The zero-order valence-electron chi connectivity index (χ0n) is 18.2. The first-order chi connectivity index (χ1) is 15.0. The van der Waals surface area contributed by atoms with E-state index in [4.69, 9.17) is 4.74 Å². The molecule has 3 aromatic rings. The Hall–Kier alpha value is -2.73. The number of nitrogens with zero attached hydrogens (tertiary/aromatic N) is 2. The molecule has 0 amide bonds. The van der Waals surface area contributed by atoms with E-state index in [-0.39, 0.29) is 12.4 Å². The van der Waals surface area contributed by atoms with Crippen LogP contribution in [0, 0.1) is 5.82 Å². The van der Waals surface area contributed by atoms with Crippen molar-refractivity contribution in [1.29, 1.82) is 0 Å². The number of ether oxygens (including phenoxy) is 1. The second-order valence-electron chi connectivity index (χ2n) is 8.09. The van der Waals surface area contributed by atoms with Crippen molar-refractivity contribution in [2.24, 2.45) is 0 Å². The van der Waals surface area contributed by atoms with E-state index < -0.39 is 6.10 Å². The molecule has 0 fully saturated rings. The SMILES string of the molecule is CN(Cc1ccc(F)cc1)Cc1ccc(OC[C@@H](O)CN(C)Cc2ccccc2)cc1. The van der Waals surface area contributed by atoms with Crippen LogP contribution in [0.2, 0.25) is 0 Å². The normalized spacial score (nSPS) is 12.3. The maximum Gasteiger partial charge on any atom is 0.123 e. The van der Waals surface area contributed by atoms with Gasteiger partial charge in [-0.3, -0.25) is 9.80 Å². The van der Waals surface area contributed by atoms with Gasteiger partial charge >= 0.3 is 0 Å². The highest BCUT2D eigenvalue weighted by Gasteiger charge is 2.10. The Bertz CT molecular complexity index is 901. The first-order valence-corrected chi connectivity index (χ1v) is 10.5. The lowest BCUT2D eigenvalue weighted by atomic mass is 10.1. The lowest BCUT2D eigenvalue weighted by Crippen LogP contribution is -2.32. The van der Waals surface area contributed by atoms with E-state index in [1.807, 2.05) is 68.7 Å². The van der Waals surface area contributed by atoms with Crippen molar-refractivity contribution in [2.75, 3.05) is 27.2 Å². The van der Waals surface area contributed by atoms with Gasteiger partial charge in [0.15, 0.2) is 0 Å². The van der Waals surface area contributed by atoms with Gasteiger partial charge in [0.25, 0.3) is 0 Å². The highest BCUT2D eigenvalue weighted by Crippen LogP contribution is 2.15. The predicted molar refractivity (Wildman–Crippen MR) is 122 cm³/mol. The van der Waals surface area contributed by atoms with E-state index in [0.29, 0.717) is 6.54 Å². The molecule has 5 heteroatoms. The molecule has 0 aliphatic carbocycles. The van der Waals surface area contributed by atoms with E-state index in [1.54, 1.807) is 0 Å². The summed E-state index contributed by atoms with van der Waals surface area (Å²) in [5, 5.41) is 10.3. The van der Waals surface area contributed by atoms with Gasteiger partial charge in [0.2, 0.25) is 0 Å². The molecule has 0 aliphatic heterocycles. The van der Waals surface area contributed by atoms with Crippen molar-refractivity contribution in [1.82, 2.24) is 9.80 Å². The third kappa shape index (κ3) is 8.13. The molecule has 3 aromatic carbocycles. The Balaban J connectivity index is 1.39. The lowest BCUT2D eigenvalue weighted by Gasteiger charge is -2.21. The molecule has 1 atom stereocenters. The molecule has 0 saturated carbocycles. The smallest absolute Gasteiger partial charge is 0.123 e. The van der Waals surface area contributed by atoms with E-state index >= 15 is 0 Å². The molecule has 31 heavy (non-hydrogen) atoms. The quantitative estimate of drug-likeness (QED) is 0.499. The maximum absolute atomic E-state index is 13.0. The molecule has 0 radical (unpaired) electrons. The Kier molecular flexibility index (Phi) is 8.59. The minimum absolute atomic E-state index is 0.213. The molecule has 4 nitrogen and oxygen atoms in total. The molecule has 0 heterocycles. The van der Waals surface area contributed by atoms with Crippen molar-refractivity contribution >= 4 is 0 Å². The van der Waals surface area contributed by atoms with Crippen molar-refractivity contribution < 1.29 is 14.2 Å². The van der Waals surface area contributed by atoms with Crippen LogP contribution in [0.1, 0.15) is 16.7 Å². The Morgan fingerprint density at radius 1 is 0.742 bits per heavy atom. The predicted octanol–water partition coefficient (Wildman–Crippen LogP) is 4.33. The molecule has 0 aliphatic rings. The second-order valence-corrected chi connectivity index (χ2v) is 8.09. The minimum Gasteiger partial charge on any atom is -0.491 e. The molecule has 0 unspecified atom stereocenters. The fraction of sp³-hybridized carbons (Fsp3) is 0.308. The molecule has 164 valence electrons. The van der Waals surface area contributed by atoms with E-state index in [2.05, 4.69) is 21.9 Å². The van der Waals surface area contributed by atoms with Gasteiger partial charge in [-0.1, -0.05) is 54.6 Å². The largest absolute Gasteiger partial charge is 0.491 e. The van der Waals surface area contributed by atoms with Crippen LogP contribution in [0.5, 0.6) is 5.75 Å². The van der Waals surface area contributed by atoms with Gasteiger partial charge in [0.05, 0.1) is 0 Å². The number of halogens is 1. The summed E-state index contributed by atoms with van der Waals surface area (Å²) in [5.41, 5.74) is 3.47. The standard InChI is InChI=1S/C26H31FN2O2/c1-28(17-22-8-12-24(27)13-9-22)18-23-10-14-26(15-11-23)31-20-25(30)19-29(2)16-21-6-4-3-5-7-21/h3-15,25,30H,16-20H2,1-2H3/t25-/m0/s1. The van der Waals surface area contributed by atoms with Crippen molar-refractivity contribution in [2.45, 2.75) is 25.7 Å². The Labute approximate surface area is 184 Å². The van der Waals surface area contributed by atoms with Crippen LogP contribution in [-0.4, -0.2) is 48.3 Å². The van der Waals surface area contributed by atoms with Crippen LogP contribution in [0.4, 0.5) is 4.39 Å². The number of likely N-dealkylation sites (N-methyl/N-ethyl adjacent to an activating group) is 1. The summed E-state index contributed by atoms with van der Waals surface area (Å²) in [6.45, 7) is 3.12. The summed E-state index contributed by atoms with van der Waals surface area (Å²) in [6.07, 6.45) is -0.560. The van der Waals surface area contributed by atoms with E-state index in [1.165, 1.54) is 23.3 Å². The molecular weight excluding hydrogens is 391 g/mol. The van der Waals surface area contributed by atoms with Gasteiger partial charge in [-0.25, -0.2) is 4.39 Å². The Morgan fingerprint density at radius 2 is 1.26 bits per heavy atom. The maximum atomic E-state index is 13.0. The highest BCUT2D eigenvalue weighted by atomic mass is 19.1. The molecule has 0 bridgehead atoms. The van der Waals surface area contributed by atoms with Gasteiger partial charge in [-0.05, 0) is 55.1 Å². The van der Waals surface area contributed by atoms with Crippen molar-refractivity contribution in [3.8, 4) is 5.75 Å². The summed E-state index contributed by atoms with van der Waals surface area (Å²) < 4.78 is 18.8. The highest BCUT2D eigenvalue weighted by molar-refractivity contribution is 5.27. The molecule has 0 aromatic heterocycles. The van der Waals surface area contributed by atoms with Crippen molar-refractivity contribution in [3.05, 3.63) is 101 Å². The van der Waals surface area contributed by atoms with E-state index in [0.717, 1.165) is 30.9 Å². The first kappa shape index (κ1) is 22.9. The molecule has 1 N–H and O–H groups in total. The van der Waals surface area contributed by atoms with Crippen LogP contribution < -0.4 is 4.74 Å². The van der Waals surface area contributed by atoms with Crippen LogP contribution in [0.3, 0.4) is 0 Å². The summed E-state index contributed by atoms with van der Waals surface area (Å²) >= 11 is 0. The number of hydrogen-bond donors (Lipinski definition) is 1. The fourth-order valence-corrected chi connectivity index (χ4v) is 3.52. The zero-order chi connectivity index (χ0) is 22.1. The monoisotopic (exact) mass is 422 g/mol. The third-order valence-corrected chi connectivity index (χ3v) is 5.00. The fourth-order valence-electron chi connectivity index (χ4n) is 3.52. The van der Waals surface area contributed by atoms with Crippen LogP contribution in [-0.2, 0) is 19.6 Å². The summed E-state index contributed by atoms with van der Waals surface area (Å²) in [7, 11) is 4.03.